The van der Waals surface area contributed by atoms with Crippen LogP contribution in [0.25, 0.3) is 0 Å². The molecule has 0 unspecified atom stereocenters. The molecule has 3 N–H and O–H groups in total. The molecule has 92 valence electrons. The van der Waals surface area contributed by atoms with Crippen molar-refractivity contribution in [1.29, 1.82) is 0 Å². The number of rotatable bonds is 3. The molecule has 0 fully saturated rings. The first-order valence-electron chi connectivity index (χ1n) is 6.09. The summed E-state index contributed by atoms with van der Waals surface area (Å²) in [6.07, 6.45) is 5.29. The minimum atomic E-state index is 0.107. The Morgan fingerprint density at radius 2 is 2.17 bits per heavy atom. The number of aromatic nitrogens is 1. The highest BCUT2D eigenvalue weighted by Gasteiger charge is 2.14. The fourth-order valence-electron chi connectivity index (χ4n) is 2.17. The molecule has 4 nitrogen and oxygen atoms in total. The van der Waals surface area contributed by atoms with E-state index in [2.05, 4.69) is 21.7 Å². The first-order valence-corrected chi connectivity index (χ1v) is 6.09. The van der Waals surface area contributed by atoms with E-state index in [1.807, 2.05) is 30.6 Å². The van der Waals surface area contributed by atoms with Crippen LogP contribution in [0, 0.1) is 0 Å². The standard InChI is InChI=1S/C14H15N3O/c18-14-4-1-11-7-12(2-3-13(11)17-14)16-9-10-5-6-15-8-10/h2-3,5-8,15-16H,1,4,9H2,(H,17,18). The molecule has 4 heteroatoms. The van der Waals surface area contributed by atoms with Crippen LogP contribution in [0.1, 0.15) is 17.5 Å². The Balaban J connectivity index is 1.72. The molecule has 0 aliphatic carbocycles. The Hall–Kier alpha value is -2.23. The smallest absolute Gasteiger partial charge is 0.224 e. The lowest BCUT2D eigenvalue weighted by Crippen LogP contribution is -2.18. The fourth-order valence-corrected chi connectivity index (χ4v) is 2.17. The molecule has 1 aliphatic heterocycles. The van der Waals surface area contributed by atoms with Gasteiger partial charge in [0, 0.05) is 36.7 Å². The molecule has 1 aliphatic rings. The summed E-state index contributed by atoms with van der Waals surface area (Å²) in [6.45, 7) is 0.800. The summed E-state index contributed by atoms with van der Waals surface area (Å²) in [7, 11) is 0. The van der Waals surface area contributed by atoms with Gasteiger partial charge in [-0.05, 0) is 41.8 Å². The summed E-state index contributed by atoms with van der Waals surface area (Å²) in [4.78, 5) is 14.3. The van der Waals surface area contributed by atoms with Crippen LogP contribution in [0.5, 0.6) is 0 Å². The van der Waals surface area contributed by atoms with Crippen LogP contribution >= 0.6 is 0 Å². The third-order valence-electron chi connectivity index (χ3n) is 3.16. The Kier molecular flexibility index (Phi) is 2.76. The normalized spacial score (nSPS) is 13.9. The molecule has 0 radical (unpaired) electrons. The second kappa shape index (κ2) is 4.56. The van der Waals surface area contributed by atoms with Crippen molar-refractivity contribution in [2.75, 3.05) is 10.6 Å². The van der Waals surface area contributed by atoms with Gasteiger partial charge in [0.05, 0.1) is 0 Å². The van der Waals surface area contributed by atoms with Gasteiger partial charge in [-0.1, -0.05) is 0 Å². The molecule has 18 heavy (non-hydrogen) atoms. The van der Waals surface area contributed by atoms with Gasteiger partial charge in [-0.3, -0.25) is 4.79 Å². The second-order valence-corrected chi connectivity index (χ2v) is 4.49. The van der Waals surface area contributed by atoms with Crippen LogP contribution in [0.15, 0.2) is 36.7 Å². The number of carbonyl (C=O) groups excluding carboxylic acids is 1. The largest absolute Gasteiger partial charge is 0.381 e. The molecular formula is C14H15N3O. The maximum Gasteiger partial charge on any atom is 0.224 e. The Morgan fingerprint density at radius 3 is 3.00 bits per heavy atom. The van der Waals surface area contributed by atoms with Crippen LogP contribution in [0.2, 0.25) is 0 Å². The number of fused-ring (bicyclic) bond motifs is 1. The Morgan fingerprint density at radius 1 is 1.22 bits per heavy atom. The molecule has 2 aromatic rings. The zero-order valence-corrected chi connectivity index (χ0v) is 9.99. The molecule has 2 heterocycles. The van der Waals surface area contributed by atoms with Crippen molar-refractivity contribution in [1.82, 2.24) is 4.98 Å². The summed E-state index contributed by atoms with van der Waals surface area (Å²) >= 11 is 0. The number of carbonyl (C=O) groups is 1. The van der Waals surface area contributed by atoms with E-state index in [1.54, 1.807) is 0 Å². The van der Waals surface area contributed by atoms with Crippen molar-refractivity contribution >= 4 is 17.3 Å². The van der Waals surface area contributed by atoms with E-state index in [4.69, 9.17) is 0 Å². The van der Waals surface area contributed by atoms with Crippen molar-refractivity contribution < 1.29 is 4.79 Å². The molecule has 1 aromatic carbocycles. The third kappa shape index (κ3) is 2.22. The number of amides is 1. The number of benzene rings is 1. The molecule has 0 saturated heterocycles. The zero-order chi connectivity index (χ0) is 12.4. The van der Waals surface area contributed by atoms with Crippen molar-refractivity contribution in [3.63, 3.8) is 0 Å². The molecule has 0 saturated carbocycles. The number of aromatic amines is 1. The highest BCUT2D eigenvalue weighted by Crippen LogP contribution is 2.25. The average molecular weight is 241 g/mol. The maximum atomic E-state index is 11.3. The van der Waals surface area contributed by atoms with Crippen molar-refractivity contribution in [3.8, 4) is 0 Å². The predicted molar refractivity (Wildman–Crippen MR) is 71.5 cm³/mol. The van der Waals surface area contributed by atoms with Crippen molar-refractivity contribution in [2.24, 2.45) is 0 Å². The second-order valence-electron chi connectivity index (χ2n) is 4.49. The van der Waals surface area contributed by atoms with E-state index in [1.165, 1.54) is 11.1 Å². The van der Waals surface area contributed by atoms with E-state index in [9.17, 15) is 4.79 Å². The Bertz CT molecular complexity index is 560. The topological polar surface area (TPSA) is 56.9 Å². The van der Waals surface area contributed by atoms with Gasteiger partial charge in [0.2, 0.25) is 5.91 Å². The lowest BCUT2D eigenvalue weighted by Gasteiger charge is -2.18. The summed E-state index contributed by atoms with van der Waals surface area (Å²) in [5.41, 5.74) is 4.46. The highest BCUT2D eigenvalue weighted by atomic mass is 16.1. The van der Waals surface area contributed by atoms with E-state index >= 15 is 0 Å². The summed E-state index contributed by atoms with van der Waals surface area (Å²) in [6, 6.07) is 8.12. The number of aryl methyl sites for hydroxylation is 1. The van der Waals surface area contributed by atoms with Crippen LogP contribution < -0.4 is 10.6 Å². The van der Waals surface area contributed by atoms with Crippen molar-refractivity contribution in [3.05, 3.63) is 47.8 Å². The monoisotopic (exact) mass is 241 g/mol. The lowest BCUT2D eigenvalue weighted by atomic mass is 10.0. The first kappa shape index (κ1) is 10.9. The van der Waals surface area contributed by atoms with Crippen LogP contribution in [0.4, 0.5) is 11.4 Å². The summed E-state index contributed by atoms with van der Waals surface area (Å²) < 4.78 is 0. The zero-order valence-electron chi connectivity index (χ0n) is 9.99. The van der Waals surface area contributed by atoms with E-state index in [0.29, 0.717) is 6.42 Å². The molecule has 0 bridgehead atoms. The van der Waals surface area contributed by atoms with Crippen LogP contribution in [-0.2, 0) is 17.8 Å². The van der Waals surface area contributed by atoms with Gasteiger partial charge in [0.1, 0.15) is 0 Å². The lowest BCUT2D eigenvalue weighted by molar-refractivity contribution is -0.116. The predicted octanol–water partition coefficient (Wildman–Crippen LogP) is 2.51. The minimum absolute atomic E-state index is 0.107. The van der Waals surface area contributed by atoms with Gasteiger partial charge in [0.25, 0.3) is 0 Å². The maximum absolute atomic E-state index is 11.3. The number of anilines is 2. The molecule has 1 amide bonds. The summed E-state index contributed by atoms with van der Waals surface area (Å²) in [5.74, 6) is 0.107. The molecule has 1 aromatic heterocycles. The molecule has 3 rings (SSSR count). The fraction of sp³-hybridized carbons (Fsp3) is 0.214. The number of hydrogen-bond acceptors (Lipinski definition) is 2. The van der Waals surface area contributed by atoms with Gasteiger partial charge >= 0.3 is 0 Å². The van der Waals surface area contributed by atoms with Gasteiger partial charge in [0.15, 0.2) is 0 Å². The SMILES string of the molecule is O=C1CCc2cc(NCc3cc[nH]c3)ccc2N1. The Labute approximate surface area is 105 Å². The summed E-state index contributed by atoms with van der Waals surface area (Å²) in [5, 5.41) is 6.26. The first-order chi connectivity index (χ1) is 8.81. The van der Waals surface area contributed by atoms with Crippen molar-refractivity contribution in [2.45, 2.75) is 19.4 Å². The van der Waals surface area contributed by atoms with Gasteiger partial charge < -0.3 is 15.6 Å². The average Bonchev–Trinajstić information content (AvgIpc) is 2.89. The minimum Gasteiger partial charge on any atom is -0.381 e. The van der Waals surface area contributed by atoms with Crippen LogP contribution in [-0.4, -0.2) is 10.9 Å². The van der Waals surface area contributed by atoms with Gasteiger partial charge in [-0.2, -0.15) is 0 Å². The molecule has 0 spiro atoms. The highest BCUT2D eigenvalue weighted by molar-refractivity contribution is 5.94. The molecular weight excluding hydrogens is 226 g/mol. The van der Waals surface area contributed by atoms with E-state index < -0.39 is 0 Å². The number of hydrogen-bond donors (Lipinski definition) is 3. The number of H-pyrrole nitrogens is 1. The third-order valence-corrected chi connectivity index (χ3v) is 3.16. The van der Waals surface area contributed by atoms with Crippen LogP contribution in [0.3, 0.4) is 0 Å². The van der Waals surface area contributed by atoms with E-state index in [-0.39, 0.29) is 5.91 Å². The van der Waals surface area contributed by atoms with Gasteiger partial charge in [-0.25, -0.2) is 0 Å². The van der Waals surface area contributed by atoms with E-state index in [0.717, 1.165) is 24.3 Å². The quantitative estimate of drug-likeness (QED) is 0.773. The number of nitrogens with one attached hydrogen (secondary N) is 3. The molecule has 0 atom stereocenters. The van der Waals surface area contributed by atoms with Gasteiger partial charge in [-0.15, -0.1) is 0 Å².